The number of benzene rings is 2. The van der Waals surface area contributed by atoms with E-state index in [2.05, 4.69) is 47.1 Å². The molecule has 0 aliphatic heterocycles. The van der Waals surface area contributed by atoms with E-state index < -0.39 is 0 Å². The molecule has 0 amide bonds. The van der Waals surface area contributed by atoms with Gasteiger partial charge in [-0.2, -0.15) is 0 Å². The third kappa shape index (κ3) is 5.84. The quantitative estimate of drug-likeness (QED) is 0.280. The molecule has 1 aromatic heterocycles. The normalized spacial score (nSPS) is 12.2. The lowest BCUT2D eigenvalue weighted by atomic mass is 10.1. The highest BCUT2D eigenvalue weighted by Gasteiger charge is 2.11. The molecule has 0 bridgehead atoms. The highest BCUT2D eigenvalue weighted by molar-refractivity contribution is 5.77. The van der Waals surface area contributed by atoms with E-state index >= 15 is 0 Å². The summed E-state index contributed by atoms with van der Waals surface area (Å²) >= 11 is 0. The molecule has 0 saturated carbocycles. The van der Waals surface area contributed by atoms with Crippen molar-refractivity contribution in [2.75, 3.05) is 13.7 Å². The van der Waals surface area contributed by atoms with E-state index in [-0.39, 0.29) is 6.04 Å². The molecule has 31 heavy (non-hydrogen) atoms. The molecular weight excluding hydrogens is 388 g/mol. The zero-order chi connectivity index (χ0) is 22.1. The van der Waals surface area contributed by atoms with Crippen molar-refractivity contribution in [3.05, 3.63) is 83.2 Å². The minimum atomic E-state index is 0.188. The van der Waals surface area contributed by atoms with Crippen LogP contribution in [0.1, 0.15) is 40.0 Å². The Hall–Kier alpha value is -3.35. The predicted octanol–water partition coefficient (Wildman–Crippen LogP) is 4.69. The van der Waals surface area contributed by atoms with E-state index in [0.717, 1.165) is 28.8 Å². The first kappa shape index (κ1) is 22.3. The van der Waals surface area contributed by atoms with Gasteiger partial charge in [0, 0.05) is 43.3 Å². The van der Waals surface area contributed by atoms with Crippen LogP contribution >= 0.6 is 0 Å². The number of hydrogen-bond donors (Lipinski definition) is 1. The molecule has 0 saturated heterocycles. The monoisotopic (exact) mass is 416 g/mol. The molecule has 0 aliphatic rings. The van der Waals surface area contributed by atoms with Crippen LogP contribution in [0.4, 0.5) is 5.69 Å². The number of carbonyl (C=O) groups excluding carboxylic acids is 1. The zero-order valence-corrected chi connectivity index (χ0v) is 18.0. The van der Waals surface area contributed by atoms with Gasteiger partial charge in [0.1, 0.15) is 6.34 Å². The van der Waals surface area contributed by atoms with Gasteiger partial charge in [0.15, 0.2) is 6.29 Å². The lowest BCUT2D eigenvalue weighted by molar-refractivity contribution is 0.112. The predicted molar refractivity (Wildman–Crippen MR) is 126 cm³/mol. The molecule has 3 aromatic rings. The number of nitrogens with one attached hydrogen (secondary N) is 1. The molecule has 2 aromatic carbocycles. The van der Waals surface area contributed by atoms with Gasteiger partial charge in [0.2, 0.25) is 0 Å². The van der Waals surface area contributed by atoms with Gasteiger partial charge in [-0.25, -0.2) is 4.99 Å². The van der Waals surface area contributed by atoms with Gasteiger partial charge in [0.05, 0.1) is 12.3 Å². The van der Waals surface area contributed by atoms with Crippen LogP contribution < -0.4 is 5.32 Å². The largest absolute Gasteiger partial charge is 0.384 e. The van der Waals surface area contributed by atoms with E-state index in [1.807, 2.05) is 47.3 Å². The Kier molecular flexibility index (Phi) is 8.04. The van der Waals surface area contributed by atoms with Crippen LogP contribution in [0.25, 0.3) is 5.69 Å². The Morgan fingerprint density at radius 1 is 1.16 bits per heavy atom. The zero-order valence-electron chi connectivity index (χ0n) is 18.0. The maximum Gasteiger partial charge on any atom is 0.151 e. The van der Waals surface area contributed by atoms with E-state index in [9.17, 15) is 4.79 Å². The molecule has 3 rings (SSSR count). The molecular formula is C25H28N4O2. The van der Waals surface area contributed by atoms with Gasteiger partial charge < -0.3 is 14.6 Å². The summed E-state index contributed by atoms with van der Waals surface area (Å²) in [6.45, 7) is 6.81. The van der Waals surface area contributed by atoms with Crippen LogP contribution in [0, 0.1) is 0 Å². The summed E-state index contributed by atoms with van der Waals surface area (Å²) in [5.41, 5.74) is 5.67. The third-order valence-corrected chi connectivity index (χ3v) is 5.18. The summed E-state index contributed by atoms with van der Waals surface area (Å²) in [4.78, 5) is 19.6. The number of rotatable bonds is 11. The first-order valence-corrected chi connectivity index (χ1v) is 10.2. The summed E-state index contributed by atoms with van der Waals surface area (Å²) in [6.07, 6.45) is 6.86. The van der Waals surface area contributed by atoms with Crippen LogP contribution in [-0.2, 0) is 17.7 Å². The molecule has 6 nitrogen and oxygen atoms in total. The maximum absolute atomic E-state index is 11.5. The van der Waals surface area contributed by atoms with Crippen LogP contribution in [0.15, 0.2) is 70.9 Å². The van der Waals surface area contributed by atoms with Gasteiger partial charge in [-0.05, 0) is 55.0 Å². The number of methoxy groups -OCH3 is 1. The number of hydrogen-bond acceptors (Lipinski definition) is 4. The number of nitrogens with zero attached hydrogens (tertiary/aromatic N) is 3. The van der Waals surface area contributed by atoms with Crippen molar-refractivity contribution >= 4 is 25.0 Å². The molecule has 0 aliphatic carbocycles. The fourth-order valence-corrected chi connectivity index (χ4v) is 3.41. The third-order valence-electron chi connectivity index (χ3n) is 5.18. The van der Waals surface area contributed by atoms with Crippen molar-refractivity contribution in [2.45, 2.75) is 25.9 Å². The number of ether oxygens (including phenoxy) is 1. The fourth-order valence-electron chi connectivity index (χ4n) is 3.41. The second-order valence-electron chi connectivity index (χ2n) is 7.26. The minimum absolute atomic E-state index is 0.188. The Labute approximate surface area is 183 Å². The average molecular weight is 417 g/mol. The van der Waals surface area contributed by atoms with Gasteiger partial charge in [-0.1, -0.05) is 30.3 Å². The van der Waals surface area contributed by atoms with E-state index in [0.29, 0.717) is 25.1 Å². The van der Waals surface area contributed by atoms with Crippen molar-refractivity contribution in [1.82, 2.24) is 9.88 Å². The molecule has 6 heteroatoms. The number of aldehydes is 1. The van der Waals surface area contributed by atoms with E-state index in [4.69, 9.17) is 4.74 Å². The van der Waals surface area contributed by atoms with E-state index in [1.165, 1.54) is 11.9 Å². The molecule has 0 spiro atoms. The van der Waals surface area contributed by atoms with Gasteiger partial charge in [0.25, 0.3) is 0 Å². The lowest BCUT2D eigenvalue weighted by Gasteiger charge is -2.16. The van der Waals surface area contributed by atoms with Crippen LogP contribution in [0.3, 0.4) is 0 Å². The number of aliphatic imine (C=N–C) groups is 2. The Morgan fingerprint density at radius 3 is 2.68 bits per heavy atom. The van der Waals surface area contributed by atoms with Gasteiger partial charge in [-0.3, -0.25) is 9.79 Å². The van der Waals surface area contributed by atoms with E-state index in [1.54, 1.807) is 7.11 Å². The summed E-state index contributed by atoms with van der Waals surface area (Å²) in [5, 5.41) is 3.56. The van der Waals surface area contributed by atoms with Crippen LogP contribution in [0.5, 0.6) is 0 Å². The maximum atomic E-state index is 11.5. The molecule has 0 fully saturated rings. The summed E-state index contributed by atoms with van der Waals surface area (Å²) in [7, 11) is 1.66. The Morgan fingerprint density at radius 2 is 1.97 bits per heavy atom. The van der Waals surface area contributed by atoms with Crippen molar-refractivity contribution in [3.63, 3.8) is 0 Å². The summed E-state index contributed by atoms with van der Waals surface area (Å²) in [5.74, 6) is 0. The number of carbonyl (C=O) groups is 1. The van der Waals surface area contributed by atoms with Crippen molar-refractivity contribution < 1.29 is 9.53 Å². The second-order valence-corrected chi connectivity index (χ2v) is 7.26. The fraction of sp³-hybridized carbons (Fsp3) is 0.240. The number of aromatic nitrogens is 1. The first-order chi connectivity index (χ1) is 15.2. The molecule has 1 unspecified atom stereocenters. The molecule has 1 heterocycles. The molecule has 1 N–H and O–H groups in total. The standard InChI is InChI=1S/C25H28N4O2/c1-19(20-7-5-4-6-8-20)27-14-22-13-24(9-10-25(22)28-18-26-2)29-15-21(11-12-31-3)23(16-29)17-30/h4-10,13,15-19,27H,2,11-12,14H2,1,3H3. The Bertz CT molecular complexity index is 1040. The smallest absolute Gasteiger partial charge is 0.151 e. The molecule has 0 radical (unpaired) electrons. The first-order valence-electron chi connectivity index (χ1n) is 10.2. The average Bonchev–Trinajstić information content (AvgIpc) is 3.23. The van der Waals surface area contributed by atoms with Crippen molar-refractivity contribution in [1.29, 1.82) is 0 Å². The minimum Gasteiger partial charge on any atom is -0.384 e. The topological polar surface area (TPSA) is 68.0 Å². The van der Waals surface area contributed by atoms with Gasteiger partial charge in [-0.15, -0.1) is 0 Å². The van der Waals surface area contributed by atoms with Crippen LogP contribution in [0.2, 0.25) is 0 Å². The highest BCUT2D eigenvalue weighted by Crippen LogP contribution is 2.25. The van der Waals surface area contributed by atoms with Gasteiger partial charge >= 0.3 is 0 Å². The summed E-state index contributed by atoms with van der Waals surface area (Å²) in [6, 6.07) is 16.5. The molecule has 1 atom stereocenters. The van der Waals surface area contributed by atoms with Crippen molar-refractivity contribution in [2.24, 2.45) is 9.98 Å². The summed E-state index contributed by atoms with van der Waals surface area (Å²) < 4.78 is 7.13. The van der Waals surface area contributed by atoms with Crippen LogP contribution in [-0.4, -0.2) is 37.6 Å². The SMILES string of the molecule is C=NC=Nc1ccc(-n2cc(C=O)c(CCOC)c2)cc1CNC(C)c1ccccc1. The second kappa shape index (κ2) is 11.2. The van der Waals surface area contributed by atoms with Crippen molar-refractivity contribution in [3.8, 4) is 5.69 Å². The Balaban J connectivity index is 1.88. The lowest BCUT2D eigenvalue weighted by Crippen LogP contribution is -2.18. The molecule has 160 valence electrons. The highest BCUT2D eigenvalue weighted by atomic mass is 16.5.